The number of aromatic nitrogens is 2. The summed E-state index contributed by atoms with van der Waals surface area (Å²) in [5, 5.41) is 0.770. The summed E-state index contributed by atoms with van der Waals surface area (Å²) in [5.74, 6) is 0. The second-order valence-corrected chi connectivity index (χ2v) is 4.95. The van der Waals surface area contributed by atoms with Gasteiger partial charge in [-0.3, -0.25) is 0 Å². The van der Waals surface area contributed by atoms with E-state index in [1.165, 1.54) is 11.1 Å². The molecule has 0 aliphatic carbocycles. The monoisotopic (exact) mass is 256 g/mol. The van der Waals surface area contributed by atoms with E-state index in [1.54, 1.807) is 0 Å². The molecular formula is C15H13ClN2. The fraction of sp³-hybridized carbons (Fsp3) is 0.133. The number of rotatable bonds is 2. The minimum absolute atomic E-state index is 0.770. The summed E-state index contributed by atoms with van der Waals surface area (Å²) in [6, 6.07) is 12.0. The topological polar surface area (TPSA) is 17.3 Å². The lowest BCUT2D eigenvalue weighted by molar-refractivity contribution is 1.11. The zero-order valence-electron chi connectivity index (χ0n) is 10.1. The van der Waals surface area contributed by atoms with Gasteiger partial charge in [-0.15, -0.1) is 0 Å². The smallest absolute Gasteiger partial charge is 0.137 e. The molecule has 0 radical (unpaired) electrons. The van der Waals surface area contributed by atoms with Gasteiger partial charge < -0.3 is 4.40 Å². The van der Waals surface area contributed by atoms with Crippen LogP contribution in [-0.4, -0.2) is 9.38 Å². The maximum Gasteiger partial charge on any atom is 0.137 e. The minimum atomic E-state index is 0.770. The molecule has 0 saturated heterocycles. The largest absolute Gasteiger partial charge is 0.307 e. The first-order chi connectivity index (χ1) is 8.70. The Hall–Kier alpha value is -1.80. The molecule has 2 aromatic heterocycles. The molecule has 0 atom stereocenters. The van der Waals surface area contributed by atoms with Gasteiger partial charge in [0.05, 0.1) is 5.69 Å². The second kappa shape index (κ2) is 4.46. The number of fused-ring (bicyclic) bond motifs is 1. The standard InChI is InChI=1S/C15H13ClN2/c1-11-5-6-15-17-14(10-18(15)9-11)8-12-3-2-4-13(16)7-12/h2-7,9-10H,8H2,1H3. The number of halogens is 1. The molecule has 0 aliphatic heterocycles. The van der Waals surface area contributed by atoms with Crippen molar-refractivity contribution in [2.24, 2.45) is 0 Å². The number of hydrogen-bond acceptors (Lipinski definition) is 1. The van der Waals surface area contributed by atoms with Gasteiger partial charge in [0.25, 0.3) is 0 Å². The van der Waals surface area contributed by atoms with Crippen molar-refractivity contribution in [3.63, 3.8) is 0 Å². The lowest BCUT2D eigenvalue weighted by atomic mass is 10.1. The molecule has 0 bridgehead atoms. The Bertz CT molecular complexity index is 701. The normalized spacial score (nSPS) is 11.0. The Morgan fingerprint density at radius 2 is 2.06 bits per heavy atom. The number of hydrogen-bond donors (Lipinski definition) is 0. The molecular weight excluding hydrogens is 244 g/mol. The molecule has 0 amide bonds. The summed E-state index contributed by atoms with van der Waals surface area (Å²) in [4.78, 5) is 4.60. The predicted molar refractivity (Wildman–Crippen MR) is 74.2 cm³/mol. The predicted octanol–water partition coefficient (Wildman–Crippen LogP) is 3.89. The molecule has 3 aromatic rings. The molecule has 0 unspecified atom stereocenters. The Morgan fingerprint density at radius 1 is 1.17 bits per heavy atom. The summed E-state index contributed by atoms with van der Waals surface area (Å²) in [7, 11) is 0. The van der Waals surface area contributed by atoms with Gasteiger partial charge in [-0.1, -0.05) is 29.8 Å². The van der Waals surface area contributed by atoms with Crippen molar-refractivity contribution < 1.29 is 0 Å². The fourth-order valence-electron chi connectivity index (χ4n) is 2.10. The molecule has 18 heavy (non-hydrogen) atoms. The van der Waals surface area contributed by atoms with Crippen LogP contribution in [0, 0.1) is 6.92 Å². The van der Waals surface area contributed by atoms with Crippen LogP contribution in [0.15, 0.2) is 48.8 Å². The van der Waals surface area contributed by atoms with E-state index in [2.05, 4.69) is 40.8 Å². The molecule has 1 aromatic carbocycles. The SMILES string of the molecule is Cc1ccc2nc(Cc3cccc(Cl)c3)cn2c1. The van der Waals surface area contributed by atoms with Gasteiger partial charge in [-0.2, -0.15) is 0 Å². The molecule has 2 nitrogen and oxygen atoms in total. The lowest BCUT2D eigenvalue weighted by Gasteiger charge is -1.98. The average molecular weight is 257 g/mol. The van der Waals surface area contributed by atoms with Crippen LogP contribution in [0.4, 0.5) is 0 Å². The van der Waals surface area contributed by atoms with Crippen LogP contribution in [-0.2, 0) is 6.42 Å². The van der Waals surface area contributed by atoms with E-state index in [1.807, 2.05) is 24.3 Å². The zero-order valence-corrected chi connectivity index (χ0v) is 10.9. The summed E-state index contributed by atoms with van der Waals surface area (Å²) < 4.78 is 2.06. The highest BCUT2D eigenvalue weighted by atomic mass is 35.5. The summed E-state index contributed by atoms with van der Waals surface area (Å²) in [5.41, 5.74) is 4.46. The van der Waals surface area contributed by atoms with Gasteiger partial charge in [-0.25, -0.2) is 4.98 Å². The van der Waals surface area contributed by atoms with E-state index >= 15 is 0 Å². The number of benzene rings is 1. The van der Waals surface area contributed by atoms with Crippen molar-refractivity contribution in [1.82, 2.24) is 9.38 Å². The maximum absolute atomic E-state index is 5.98. The van der Waals surface area contributed by atoms with Crippen molar-refractivity contribution in [2.45, 2.75) is 13.3 Å². The molecule has 2 heterocycles. The van der Waals surface area contributed by atoms with E-state index in [9.17, 15) is 0 Å². The van der Waals surface area contributed by atoms with Crippen molar-refractivity contribution in [1.29, 1.82) is 0 Å². The molecule has 0 spiro atoms. The maximum atomic E-state index is 5.98. The van der Waals surface area contributed by atoms with Crippen molar-refractivity contribution in [3.8, 4) is 0 Å². The fourth-order valence-corrected chi connectivity index (χ4v) is 2.31. The first kappa shape index (κ1) is 11.3. The second-order valence-electron chi connectivity index (χ2n) is 4.51. The quantitative estimate of drug-likeness (QED) is 0.680. The Kier molecular flexibility index (Phi) is 2.80. The van der Waals surface area contributed by atoms with E-state index in [-0.39, 0.29) is 0 Å². The number of pyridine rings is 1. The van der Waals surface area contributed by atoms with Crippen LogP contribution in [0.3, 0.4) is 0 Å². The minimum Gasteiger partial charge on any atom is -0.307 e. The molecule has 3 rings (SSSR count). The van der Waals surface area contributed by atoms with E-state index < -0.39 is 0 Å². The molecule has 0 saturated carbocycles. The first-order valence-corrected chi connectivity index (χ1v) is 6.27. The third kappa shape index (κ3) is 2.24. The Labute approximate surface area is 111 Å². The summed E-state index contributed by atoms with van der Waals surface area (Å²) in [6.45, 7) is 2.08. The van der Waals surface area contributed by atoms with Crippen LogP contribution in [0.25, 0.3) is 5.65 Å². The summed E-state index contributed by atoms with van der Waals surface area (Å²) in [6.07, 6.45) is 4.97. The molecule has 0 aliphatic rings. The van der Waals surface area contributed by atoms with Crippen molar-refractivity contribution >= 4 is 17.2 Å². The van der Waals surface area contributed by atoms with E-state index in [0.717, 1.165) is 22.8 Å². The number of nitrogens with zero attached hydrogens (tertiary/aromatic N) is 2. The Balaban J connectivity index is 1.95. The van der Waals surface area contributed by atoms with Crippen molar-refractivity contribution in [3.05, 3.63) is 70.6 Å². The van der Waals surface area contributed by atoms with Gasteiger partial charge >= 0.3 is 0 Å². The van der Waals surface area contributed by atoms with E-state index in [0.29, 0.717) is 0 Å². The summed E-state index contributed by atoms with van der Waals surface area (Å²) >= 11 is 5.98. The van der Waals surface area contributed by atoms with Crippen LogP contribution < -0.4 is 0 Å². The van der Waals surface area contributed by atoms with Gasteiger partial charge in [0.1, 0.15) is 5.65 Å². The van der Waals surface area contributed by atoms with E-state index in [4.69, 9.17) is 11.6 Å². The highest BCUT2D eigenvalue weighted by Gasteiger charge is 2.03. The van der Waals surface area contributed by atoms with Gasteiger partial charge in [0.2, 0.25) is 0 Å². The Morgan fingerprint density at radius 3 is 2.89 bits per heavy atom. The van der Waals surface area contributed by atoms with Crippen LogP contribution in [0.1, 0.15) is 16.8 Å². The average Bonchev–Trinajstić information content (AvgIpc) is 2.70. The highest BCUT2D eigenvalue weighted by molar-refractivity contribution is 6.30. The molecule has 0 N–H and O–H groups in total. The van der Waals surface area contributed by atoms with Crippen LogP contribution in [0.2, 0.25) is 5.02 Å². The number of aryl methyl sites for hydroxylation is 1. The van der Waals surface area contributed by atoms with Gasteiger partial charge in [0.15, 0.2) is 0 Å². The zero-order chi connectivity index (χ0) is 12.5. The van der Waals surface area contributed by atoms with Crippen molar-refractivity contribution in [2.75, 3.05) is 0 Å². The third-order valence-electron chi connectivity index (χ3n) is 2.92. The number of imidazole rings is 1. The highest BCUT2D eigenvalue weighted by Crippen LogP contribution is 2.15. The molecule has 0 fully saturated rings. The molecule has 3 heteroatoms. The molecule has 90 valence electrons. The third-order valence-corrected chi connectivity index (χ3v) is 3.16. The van der Waals surface area contributed by atoms with Crippen LogP contribution in [0.5, 0.6) is 0 Å². The van der Waals surface area contributed by atoms with Gasteiger partial charge in [-0.05, 0) is 36.2 Å². The first-order valence-electron chi connectivity index (χ1n) is 5.89. The van der Waals surface area contributed by atoms with Crippen LogP contribution >= 0.6 is 11.6 Å². The van der Waals surface area contributed by atoms with Gasteiger partial charge in [0, 0.05) is 23.8 Å². The lowest BCUT2D eigenvalue weighted by Crippen LogP contribution is -1.87.